The normalized spacial score (nSPS) is 17.3. The van der Waals surface area contributed by atoms with Crippen LogP contribution in [-0.2, 0) is 17.3 Å². The van der Waals surface area contributed by atoms with Gasteiger partial charge in [-0.2, -0.15) is 8.78 Å². The summed E-state index contributed by atoms with van der Waals surface area (Å²) in [6.07, 6.45) is 2.14. The van der Waals surface area contributed by atoms with Crippen molar-refractivity contribution in [1.29, 1.82) is 0 Å². The summed E-state index contributed by atoms with van der Waals surface area (Å²) in [5.74, 6) is -3.34. The minimum Gasteiger partial charge on any atom is -0.313 e. The van der Waals surface area contributed by atoms with Crippen LogP contribution in [0.15, 0.2) is 78.9 Å². The van der Waals surface area contributed by atoms with Gasteiger partial charge in [0.15, 0.2) is 11.6 Å². The van der Waals surface area contributed by atoms with Gasteiger partial charge in [0.25, 0.3) is 0 Å². The van der Waals surface area contributed by atoms with Crippen LogP contribution >= 0.6 is 0 Å². The Morgan fingerprint density at radius 1 is 0.651 bits per heavy atom. The van der Waals surface area contributed by atoms with Crippen molar-refractivity contribution in [2.24, 2.45) is 0 Å². The largest absolute Gasteiger partial charge is 0.383 e. The molecule has 7 heteroatoms. The zero-order valence-electron chi connectivity index (χ0n) is 24.0. The molecule has 0 radical (unpaired) electrons. The van der Waals surface area contributed by atoms with E-state index in [1.165, 1.54) is 36.4 Å². The fourth-order valence-electron chi connectivity index (χ4n) is 5.84. The van der Waals surface area contributed by atoms with E-state index >= 15 is 4.39 Å². The van der Waals surface area contributed by atoms with Crippen molar-refractivity contribution in [1.82, 2.24) is 0 Å². The molecule has 0 amide bonds. The Morgan fingerprint density at radius 2 is 1.26 bits per heavy atom. The summed E-state index contributed by atoms with van der Waals surface area (Å²) in [5, 5.41) is 0. The zero-order chi connectivity index (χ0) is 30.6. The van der Waals surface area contributed by atoms with Gasteiger partial charge in [-0.05, 0) is 91.0 Å². The van der Waals surface area contributed by atoms with E-state index < -0.39 is 35.5 Å². The molecule has 1 aliphatic rings. The maximum atomic E-state index is 15.2. The molecule has 0 aliphatic heterocycles. The molecule has 1 nitrogen and oxygen atoms in total. The second-order valence-corrected chi connectivity index (χ2v) is 11.3. The summed E-state index contributed by atoms with van der Waals surface area (Å²) in [6.45, 7) is 2.12. The van der Waals surface area contributed by atoms with E-state index in [1.54, 1.807) is 24.3 Å². The zero-order valence-corrected chi connectivity index (χ0v) is 24.0. The first-order valence-electron chi connectivity index (χ1n) is 14.8. The molecule has 0 spiro atoms. The maximum Gasteiger partial charge on any atom is 0.383 e. The van der Waals surface area contributed by atoms with Crippen LogP contribution < -0.4 is 0 Å². The first kappa shape index (κ1) is 30.9. The van der Waals surface area contributed by atoms with E-state index in [2.05, 4.69) is 6.92 Å². The van der Waals surface area contributed by atoms with Gasteiger partial charge >= 0.3 is 6.11 Å². The lowest BCUT2D eigenvalue weighted by Gasteiger charge is -2.31. The average molecular weight is 597 g/mol. The lowest BCUT2D eigenvalue weighted by molar-refractivity contribution is -0.277. The number of unbranched alkanes of at least 4 members (excludes halogenated alkanes) is 2. The SMILES string of the molecule is CCCCCc1ccc(C(F)(F)OC2CCC(c3ccc(-c4ccc(-c5ccc(F)c(F)c5)c(F)c4)c(F)c3)CC2)cc1. The van der Waals surface area contributed by atoms with Gasteiger partial charge in [0, 0.05) is 11.1 Å². The van der Waals surface area contributed by atoms with Gasteiger partial charge in [-0.1, -0.05) is 74.4 Å². The van der Waals surface area contributed by atoms with Crippen molar-refractivity contribution in [3.05, 3.63) is 119 Å². The molecule has 0 aromatic heterocycles. The van der Waals surface area contributed by atoms with Crippen LogP contribution in [0.3, 0.4) is 0 Å². The molecule has 1 aliphatic carbocycles. The molecule has 43 heavy (non-hydrogen) atoms. The topological polar surface area (TPSA) is 9.23 Å². The number of ether oxygens (including phenoxy) is 1. The van der Waals surface area contributed by atoms with E-state index in [9.17, 15) is 22.0 Å². The molecular formula is C36H34F6O. The molecular weight excluding hydrogens is 562 g/mol. The number of alkyl halides is 2. The van der Waals surface area contributed by atoms with E-state index in [0.29, 0.717) is 31.2 Å². The fourth-order valence-corrected chi connectivity index (χ4v) is 5.84. The van der Waals surface area contributed by atoms with Crippen LogP contribution in [0, 0.1) is 23.3 Å². The van der Waals surface area contributed by atoms with Crippen molar-refractivity contribution >= 4 is 0 Å². The van der Waals surface area contributed by atoms with Crippen LogP contribution in [0.2, 0.25) is 0 Å². The third-order valence-corrected chi connectivity index (χ3v) is 8.32. The predicted octanol–water partition coefficient (Wildman–Crippen LogP) is 11.1. The van der Waals surface area contributed by atoms with Crippen LogP contribution in [0.5, 0.6) is 0 Å². The average Bonchev–Trinajstić information content (AvgIpc) is 2.99. The molecule has 0 N–H and O–H groups in total. The standard InChI is InChI=1S/C36H34F6O/c1-2-3-4-5-23-6-13-28(14-7-23)36(41,42)43-29-15-8-24(9-16-29)25-10-17-30(33(38)20-25)26-11-18-31(34(39)21-26)27-12-19-32(37)35(40)22-27/h6-7,10-14,17-22,24,29H,2-5,8-9,15-16H2,1H3. The quantitative estimate of drug-likeness (QED) is 0.131. The van der Waals surface area contributed by atoms with Gasteiger partial charge in [0.2, 0.25) is 0 Å². The monoisotopic (exact) mass is 596 g/mol. The molecule has 4 aromatic rings. The van der Waals surface area contributed by atoms with Crippen molar-refractivity contribution in [3.8, 4) is 22.3 Å². The second-order valence-electron chi connectivity index (χ2n) is 11.3. The molecule has 4 aromatic carbocycles. The number of benzene rings is 4. The highest BCUT2D eigenvalue weighted by atomic mass is 19.3. The summed E-state index contributed by atoms with van der Waals surface area (Å²) in [7, 11) is 0. The Kier molecular flexibility index (Phi) is 9.60. The minimum absolute atomic E-state index is 0.00749. The Morgan fingerprint density at radius 3 is 1.86 bits per heavy atom. The summed E-state index contributed by atoms with van der Waals surface area (Å²) in [4.78, 5) is 0. The van der Waals surface area contributed by atoms with Gasteiger partial charge in [-0.15, -0.1) is 0 Å². The van der Waals surface area contributed by atoms with Crippen LogP contribution in [0.1, 0.15) is 74.5 Å². The molecule has 226 valence electrons. The Labute approximate surface area is 248 Å². The Hall–Kier alpha value is -3.58. The molecule has 0 saturated heterocycles. The molecule has 0 bridgehead atoms. The van der Waals surface area contributed by atoms with Gasteiger partial charge < -0.3 is 4.74 Å². The molecule has 0 atom stereocenters. The summed E-state index contributed by atoms with van der Waals surface area (Å²) < 4.78 is 92.1. The van der Waals surface area contributed by atoms with Crippen LogP contribution in [0.25, 0.3) is 22.3 Å². The number of hydrogen-bond donors (Lipinski definition) is 0. The Balaban J connectivity index is 1.19. The van der Waals surface area contributed by atoms with Crippen molar-refractivity contribution < 1.29 is 31.1 Å². The maximum absolute atomic E-state index is 15.2. The first-order chi connectivity index (χ1) is 20.6. The molecule has 1 saturated carbocycles. The number of aryl methyl sites for hydroxylation is 1. The van der Waals surface area contributed by atoms with Crippen LogP contribution in [-0.4, -0.2) is 6.10 Å². The summed E-state index contributed by atoms with van der Waals surface area (Å²) >= 11 is 0. The first-order valence-corrected chi connectivity index (χ1v) is 14.8. The molecule has 1 fully saturated rings. The summed E-state index contributed by atoms with van der Waals surface area (Å²) in [6, 6.07) is 18.4. The van der Waals surface area contributed by atoms with E-state index in [0.717, 1.165) is 55.0 Å². The lowest BCUT2D eigenvalue weighted by Crippen LogP contribution is -2.29. The Bertz CT molecular complexity index is 1540. The van der Waals surface area contributed by atoms with Gasteiger partial charge in [-0.3, -0.25) is 0 Å². The van der Waals surface area contributed by atoms with Crippen molar-refractivity contribution in [2.45, 2.75) is 76.4 Å². The third kappa shape index (κ3) is 7.32. The smallest absolute Gasteiger partial charge is 0.313 e. The van der Waals surface area contributed by atoms with Gasteiger partial charge in [0.1, 0.15) is 11.6 Å². The highest BCUT2D eigenvalue weighted by Gasteiger charge is 2.37. The molecule has 0 unspecified atom stereocenters. The number of halogens is 6. The fraction of sp³-hybridized carbons (Fsp3) is 0.333. The van der Waals surface area contributed by atoms with E-state index in [-0.39, 0.29) is 28.2 Å². The molecule has 5 rings (SSSR count). The van der Waals surface area contributed by atoms with Gasteiger partial charge in [-0.25, -0.2) is 17.6 Å². The number of hydrogen-bond acceptors (Lipinski definition) is 1. The lowest BCUT2D eigenvalue weighted by atomic mass is 9.82. The van der Waals surface area contributed by atoms with E-state index in [4.69, 9.17) is 4.74 Å². The van der Waals surface area contributed by atoms with Crippen molar-refractivity contribution in [3.63, 3.8) is 0 Å². The van der Waals surface area contributed by atoms with Crippen molar-refractivity contribution in [2.75, 3.05) is 0 Å². The predicted molar refractivity (Wildman–Crippen MR) is 157 cm³/mol. The van der Waals surface area contributed by atoms with Crippen LogP contribution in [0.4, 0.5) is 26.3 Å². The van der Waals surface area contributed by atoms with E-state index in [1.807, 2.05) is 0 Å². The van der Waals surface area contributed by atoms with Gasteiger partial charge in [0.05, 0.1) is 11.7 Å². The third-order valence-electron chi connectivity index (χ3n) is 8.32. The molecule has 0 heterocycles. The second kappa shape index (κ2) is 13.4. The number of rotatable bonds is 10. The highest BCUT2D eigenvalue weighted by Crippen LogP contribution is 2.40. The summed E-state index contributed by atoms with van der Waals surface area (Å²) in [5.41, 5.74) is 2.39. The minimum atomic E-state index is -3.39. The highest BCUT2D eigenvalue weighted by molar-refractivity contribution is 5.71.